The van der Waals surface area contributed by atoms with Crippen LogP contribution in [-0.4, -0.2) is 24.7 Å². The quantitative estimate of drug-likeness (QED) is 0.635. The molecule has 0 aromatic rings. The van der Waals surface area contributed by atoms with Crippen molar-refractivity contribution in [3.05, 3.63) is 0 Å². The van der Waals surface area contributed by atoms with E-state index in [2.05, 4.69) is 0 Å². The molecule has 0 spiro atoms. The van der Waals surface area contributed by atoms with Crippen molar-refractivity contribution in [2.75, 3.05) is 19.8 Å². The molecule has 0 atom stereocenters. The van der Waals surface area contributed by atoms with E-state index in [0.717, 1.165) is 6.42 Å². The molecule has 0 aliphatic heterocycles. The van der Waals surface area contributed by atoms with Gasteiger partial charge >= 0.3 is 8.17 Å². The SMILES string of the molecule is CCCO[P+](O)(OCC)OCC. The maximum Gasteiger partial charge on any atom is 0.572 e. The molecule has 74 valence electrons. The second kappa shape index (κ2) is 6.75. The molecule has 0 aromatic heterocycles. The van der Waals surface area contributed by atoms with Crippen LogP contribution in [0.2, 0.25) is 0 Å². The van der Waals surface area contributed by atoms with Gasteiger partial charge in [0.15, 0.2) is 0 Å². The maximum absolute atomic E-state index is 9.59. The van der Waals surface area contributed by atoms with Crippen LogP contribution in [0.4, 0.5) is 0 Å². The fourth-order valence-electron chi connectivity index (χ4n) is 0.645. The predicted octanol–water partition coefficient (Wildman–Crippen LogP) is 2.16. The number of rotatable bonds is 7. The molecule has 0 unspecified atom stereocenters. The van der Waals surface area contributed by atoms with Crippen LogP contribution in [0, 0.1) is 0 Å². The first-order chi connectivity index (χ1) is 5.68. The van der Waals surface area contributed by atoms with Crippen LogP contribution in [0.1, 0.15) is 27.2 Å². The van der Waals surface area contributed by atoms with Gasteiger partial charge in [0.2, 0.25) is 0 Å². The van der Waals surface area contributed by atoms with Gasteiger partial charge in [0.25, 0.3) is 0 Å². The first-order valence-corrected chi connectivity index (χ1v) is 5.73. The summed E-state index contributed by atoms with van der Waals surface area (Å²) in [5.41, 5.74) is 0. The van der Waals surface area contributed by atoms with E-state index < -0.39 is 8.17 Å². The van der Waals surface area contributed by atoms with E-state index in [9.17, 15) is 4.89 Å². The van der Waals surface area contributed by atoms with Gasteiger partial charge in [-0.3, -0.25) is 0 Å². The highest BCUT2D eigenvalue weighted by atomic mass is 31.2. The Morgan fingerprint density at radius 3 is 1.83 bits per heavy atom. The number of hydrogen-bond acceptors (Lipinski definition) is 4. The molecule has 0 heterocycles. The predicted molar refractivity (Wildman–Crippen MR) is 48.6 cm³/mol. The molecule has 4 nitrogen and oxygen atoms in total. The molecule has 5 heteroatoms. The summed E-state index contributed by atoms with van der Waals surface area (Å²) in [6, 6.07) is 0. The molecular weight excluding hydrogens is 179 g/mol. The van der Waals surface area contributed by atoms with Gasteiger partial charge in [0.1, 0.15) is 0 Å². The maximum atomic E-state index is 9.59. The Labute approximate surface area is 74.5 Å². The van der Waals surface area contributed by atoms with Crippen LogP contribution in [0.25, 0.3) is 0 Å². The van der Waals surface area contributed by atoms with Gasteiger partial charge < -0.3 is 0 Å². The second-order valence-electron chi connectivity index (χ2n) is 2.14. The summed E-state index contributed by atoms with van der Waals surface area (Å²) in [6.07, 6.45) is 0.836. The summed E-state index contributed by atoms with van der Waals surface area (Å²) in [5, 5.41) is 0. The Morgan fingerprint density at radius 1 is 1.00 bits per heavy atom. The topological polar surface area (TPSA) is 47.9 Å². The van der Waals surface area contributed by atoms with Crippen LogP contribution in [-0.2, 0) is 13.6 Å². The van der Waals surface area contributed by atoms with E-state index in [4.69, 9.17) is 13.6 Å². The second-order valence-corrected chi connectivity index (χ2v) is 3.85. The fourth-order valence-corrected chi connectivity index (χ4v) is 1.93. The largest absolute Gasteiger partial charge is 0.572 e. The molecular formula is C7H18O4P+. The normalized spacial score (nSPS) is 12.0. The van der Waals surface area contributed by atoms with Crippen LogP contribution >= 0.6 is 8.17 Å². The van der Waals surface area contributed by atoms with Crippen LogP contribution in [0.15, 0.2) is 0 Å². The molecule has 0 aliphatic rings. The molecule has 0 amide bonds. The molecule has 0 aromatic carbocycles. The van der Waals surface area contributed by atoms with E-state index in [1.165, 1.54) is 0 Å². The Balaban J connectivity index is 3.80. The van der Waals surface area contributed by atoms with Gasteiger partial charge in [-0.15, -0.1) is 0 Å². The van der Waals surface area contributed by atoms with Crippen molar-refractivity contribution in [2.24, 2.45) is 0 Å². The zero-order valence-electron chi connectivity index (χ0n) is 7.95. The summed E-state index contributed by atoms with van der Waals surface area (Å²) in [4.78, 5) is 9.59. The highest BCUT2D eigenvalue weighted by molar-refractivity contribution is 7.55. The summed E-state index contributed by atoms with van der Waals surface area (Å²) in [5.74, 6) is 0. The Bertz CT molecular complexity index is 104. The standard InChI is InChI=1S/C7H18O4P/c1-4-7-11-12(8,9-5-2)10-6-3/h8H,4-7H2,1-3H3/q+1. The summed E-state index contributed by atoms with van der Waals surface area (Å²) < 4.78 is 15.1. The van der Waals surface area contributed by atoms with E-state index in [-0.39, 0.29) is 0 Å². The lowest BCUT2D eigenvalue weighted by Gasteiger charge is -2.12. The lowest BCUT2D eigenvalue weighted by atomic mass is 10.5. The van der Waals surface area contributed by atoms with Crippen molar-refractivity contribution in [3.8, 4) is 0 Å². The molecule has 12 heavy (non-hydrogen) atoms. The van der Waals surface area contributed by atoms with Crippen molar-refractivity contribution in [2.45, 2.75) is 27.2 Å². The lowest BCUT2D eigenvalue weighted by Crippen LogP contribution is -2.07. The zero-order valence-corrected chi connectivity index (χ0v) is 8.84. The van der Waals surface area contributed by atoms with E-state index in [0.29, 0.717) is 19.8 Å². The van der Waals surface area contributed by atoms with Crippen molar-refractivity contribution in [1.29, 1.82) is 0 Å². The van der Waals surface area contributed by atoms with Crippen LogP contribution in [0.5, 0.6) is 0 Å². The lowest BCUT2D eigenvalue weighted by molar-refractivity contribution is 0.0889. The Hall–Kier alpha value is 0.270. The summed E-state index contributed by atoms with van der Waals surface area (Å²) in [7, 11) is -2.99. The monoisotopic (exact) mass is 197 g/mol. The van der Waals surface area contributed by atoms with Crippen LogP contribution in [0.3, 0.4) is 0 Å². The molecule has 0 rings (SSSR count). The Morgan fingerprint density at radius 2 is 1.50 bits per heavy atom. The molecule has 0 saturated carbocycles. The van der Waals surface area contributed by atoms with Gasteiger partial charge in [-0.05, 0) is 20.3 Å². The summed E-state index contributed by atoms with van der Waals surface area (Å²) >= 11 is 0. The fraction of sp³-hybridized carbons (Fsp3) is 1.00. The van der Waals surface area contributed by atoms with Gasteiger partial charge in [-0.1, -0.05) is 6.92 Å². The van der Waals surface area contributed by atoms with Gasteiger partial charge in [-0.2, -0.15) is 18.5 Å². The summed E-state index contributed by atoms with van der Waals surface area (Å²) in [6.45, 7) is 6.80. The van der Waals surface area contributed by atoms with Gasteiger partial charge in [0, 0.05) is 0 Å². The molecule has 0 radical (unpaired) electrons. The third-order valence-electron chi connectivity index (χ3n) is 1.04. The molecule has 0 saturated heterocycles. The average Bonchev–Trinajstić information content (AvgIpc) is 2.02. The molecule has 0 fully saturated rings. The highest BCUT2D eigenvalue weighted by Crippen LogP contribution is 2.57. The van der Waals surface area contributed by atoms with Crippen molar-refractivity contribution < 1.29 is 18.5 Å². The minimum Gasteiger partial charge on any atom is -0.168 e. The van der Waals surface area contributed by atoms with Crippen molar-refractivity contribution in [3.63, 3.8) is 0 Å². The minimum atomic E-state index is -2.99. The smallest absolute Gasteiger partial charge is 0.168 e. The van der Waals surface area contributed by atoms with Crippen molar-refractivity contribution in [1.82, 2.24) is 0 Å². The molecule has 0 bridgehead atoms. The van der Waals surface area contributed by atoms with Gasteiger partial charge in [-0.25, -0.2) is 0 Å². The third kappa shape index (κ3) is 5.01. The first kappa shape index (κ1) is 12.3. The van der Waals surface area contributed by atoms with Crippen LogP contribution < -0.4 is 0 Å². The minimum absolute atomic E-state index is 0.397. The third-order valence-corrected chi connectivity index (χ3v) is 2.72. The zero-order chi connectivity index (χ0) is 9.45. The van der Waals surface area contributed by atoms with Gasteiger partial charge in [0.05, 0.1) is 19.8 Å². The Kier molecular flexibility index (Phi) is 6.90. The first-order valence-electron chi connectivity index (χ1n) is 4.24. The average molecular weight is 197 g/mol. The van der Waals surface area contributed by atoms with Crippen molar-refractivity contribution >= 4 is 8.17 Å². The highest BCUT2D eigenvalue weighted by Gasteiger charge is 2.43. The molecule has 1 N–H and O–H groups in total. The van der Waals surface area contributed by atoms with E-state index in [1.54, 1.807) is 13.8 Å². The van der Waals surface area contributed by atoms with E-state index >= 15 is 0 Å². The molecule has 0 aliphatic carbocycles. The number of hydrogen-bond donors (Lipinski definition) is 1. The van der Waals surface area contributed by atoms with E-state index in [1.807, 2.05) is 6.92 Å².